The summed E-state index contributed by atoms with van der Waals surface area (Å²) in [4.78, 5) is 6.73. The van der Waals surface area contributed by atoms with E-state index in [0.717, 1.165) is 19.0 Å². The summed E-state index contributed by atoms with van der Waals surface area (Å²) in [7, 11) is 0. The number of rotatable bonds is 2. The Kier molecular flexibility index (Phi) is 4.64. The SMILES string of the molecule is N=C(S)N/C(=N/Cc1ccccc1)N1CCCC1. The van der Waals surface area contributed by atoms with Crippen molar-refractivity contribution in [2.45, 2.75) is 19.4 Å². The van der Waals surface area contributed by atoms with Gasteiger partial charge in [-0.15, -0.1) is 12.6 Å². The van der Waals surface area contributed by atoms with E-state index in [-0.39, 0.29) is 5.17 Å². The Hall–Kier alpha value is -1.49. The average molecular weight is 262 g/mol. The second kappa shape index (κ2) is 6.44. The highest BCUT2D eigenvalue weighted by Crippen LogP contribution is 2.09. The van der Waals surface area contributed by atoms with Gasteiger partial charge in [0, 0.05) is 13.1 Å². The summed E-state index contributed by atoms with van der Waals surface area (Å²) in [6, 6.07) is 10.1. The molecule has 96 valence electrons. The Labute approximate surface area is 113 Å². The van der Waals surface area contributed by atoms with Gasteiger partial charge in [-0.25, -0.2) is 4.99 Å². The van der Waals surface area contributed by atoms with E-state index in [1.165, 1.54) is 18.4 Å². The number of nitrogens with zero attached hydrogens (tertiary/aromatic N) is 2. The number of aliphatic imine (C=N–C) groups is 1. The smallest absolute Gasteiger partial charge is 0.200 e. The highest BCUT2D eigenvalue weighted by Gasteiger charge is 2.16. The molecule has 0 amide bonds. The quantitative estimate of drug-likeness (QED) is 0.434. The largest absolute Gasteiger partial charge is 0.343 e. The van der Waals surface area contributed by atoms with E-state index in [1.54, 1.807) is 0 Å². The molecule has 0 bridgehead atoms. The summed E-state index contributed by atoms with van der Waals surface area (Å²) in [6.45, 7) is 2.63. The minimum absolute atomic E-state index is 0.133. The number of thiol groups is 1. The fourth-order valence-electron chi connectivity index (χ4n) is 2.00. The number of guanidine groups is 1. The Balaban J connectivity index is 2.05. The van der Waals surface area contributed by atoms with E-state index in [1.807, 2.05) is 18.2 Å². The number of hydrogen-bond acceptors (Lipinski definition) is 2. The van der Waals surface area contributed by atoms with Crippen molar-refractivity contribution in [3.05, 3.63) is 35.9 Å². The van der Waals surface area contributed by atoms with Crippen LogP contribution in [0.5, 0.6) is 0 Å². The third-order valence-electron chi connectivity index (χ3n) is 2.89. The fourth-order valence-corrected chi connectivity index (χ4v) is 2.10. The summed E-state index contributed by atoms with van der Waals surface area (Å²) >= 11 is 3.97. The molecule has 1 aromatic rings. The zero-order valence-corrected chi connectivity index (χ0v) is 11.2. The molecular formula is C13H18N4S. The van der Waals surface area contributed by atoms with Gasteiger partial charge in [0.1, 0.15) is 0 Å². The van der Waals surface area contributed by atoms with E-state index < -0.39 is 0 Å². The van der Waals surface area contributed by atoms with Crippen LogP contribution in [-0.4, -0.2) is 29.1 Å². The van der Waals surface area contributed by atoms with Gasteiger partial charge < -0.3 is 10.2 Å². The van der Waals surface area contributed by atoms with Crippen LogP contribution >= 0.6 is 12.6 Å². The predicted octanol–water partition coefficient (Wildman–Crippen LogP) is 2.09. The Morgan fingerprint density at radius 3 is 2.56 bits per heavy atom. The first-order chi connectivity index (χ1) is 8.75. The lowest BCUT2D eigenvalue weighted by Crippen LogP contribution is -2.41. The Bertz CT molecular complexity index is 424. The molecule has 1 fully saturated rings. The molecule has 1 aliphatic heterocycles. The van der Waals surface area contributed by atoms with Crippen molar-refractivity contribution < 1.29 is 0 Å². The van der Waals surface area contributed by atoms with Gasteiger partial charge >= 0.3 is 0 Å². The van der Waals surface area contributed by atoms with Gasteiger partial charge in [-0.3, -0.25) is 5.41 Å². The first-order valence-corrected chi connectivity index (χ1v) is 6.58. The highest BCUT2D eigenvalue weighted by atomic mass is 32.1. The third-order valence-corrected chi connectivity index (χ3v) is 3.00. The van der Waals surface area contributed by atoms with Crippen molar-refractivity contribution >= 4 is 23.8 Å². The third kappa shape index (κ3) is 3.77. The topological polar surface area (TPSA) is 51.5 Å². The van der Waals surface area contributed by atoms with Crippen molar-refractivity contribution in [2.75, 3.05) is 13.1 Å². The molecular weight excluding hydrogens is 244 g/mol. The van der Waals surface area contributed by atoms with Crippen LogP contribution in [0, 0.1) is 5.41 Å². The van der Waals surface area contributed by atoms with E-state index >= 15 is 0 Å². The minimum Gasteiger partial charge on any atom is -0.343 e. The summed E-state index contributed by atoms with van der Waals surface area (Å²) < 4.78 is 0. The van der Waals surface area contributed by atoms with E-state index in [2.05, 4.69) is 40.0 Å². The molecule has 0 aliphatic carbocycles. The van der Waals surface area contributed by atoms with Gasteiger partial charge in [0.05, 0.1) is 6.54 Å². The molecule has 2 N–H and O–H groups in total. The van der Waals surface area contributed by atoms with E-state index in [4.69, 9.17) is 5.41 Å². The summed E-state index contributed by atoms with van der Waals surface area (Å²) in [5, 5.41) is 10.5. The zero-order valence-electron chi connectivity index (χ0n) is 10.3. The molecule has 5 heteroatoms. The monoisotopic (exact) mass is 262 g/mol. The lowest BCUT2D eigenvalue weighted by molar-refractivity contribution is 0.504. The second-order valence-corrected chi connectivity index (χ2v) is 4.74. The summed E-state index contributed by atoms with van der Waals surface area (Å²) in [5.74, 6) is 0.761. The number of nitrogens with one attached hydrogen (secondary N) is 2. The number of hydrogen-bond donors (Lipinski definition) is 3. The first-order valence-electron chi connectivity index (χ1n) is 6.13. The maximum atomic E-state index is 7.42. The molecule has 0 radical (unpaired) electrons. The van der Waals surface area contributed by atoms with Gasteiger partial charge in [-0.2, -0.15) is 0 Å². The van der Waals surface area contributed by atoms with Gasteiger partial charge in [-0.1, -0.05) is 30.3 Å². The molecule has 1 heterocycles. The lowest BCUT2D eigenvalue weighted by atomic mass is 10.2. The zero-order chi connectivity index (χ0) is 12.8. The van der Waals surface area contributed by atoms with Gasteiger partial charge in [0.2, 0.25) is 0 Å². The fraction of sp³-hybridized carbons (Fsp3) is 0.385. The van der Waals surface area contributed by atoms with Crippen LogP contribution in [0.1, 0.15) is 18.4 Å². The van der Waals surface area contributed by atoms with Crippen LogP contribution in [0.3, 0.4) is 0 Å². The molecule has 18 heavy (non-hydrogen) atoms. The molecule has 2 rings (SSSR count). The van der Waals surface area contributed by atoms with Crippen molar-refractivity contribution in [1.29, 1.82) is 5.41 Å². The van der Waals surface area contributed by atoms with Gasteiger partial charge in [-0.05, 0) is 18.4 Å². The van der Waals surface area contributed by atoms with Gasteiger partial charge in [0.25, 0.3) is 0 Å². The molecule has 0 aromatic heterocycles. The normalized spacial score (nSPS) is 15.8. The molecule has 0 unspecified atom stereocenters. The van der Waals surface area contributed by atoms with E-state index in [9.17, 15) is 0 Å². The van der Waals surface area contributed by atoms with Gasteiger partial charge in [0.15, 0.2) is 11.1 Å². The lowest BCUT2D eigenvalue weighted by Gasteiger charge is -2.20. The maximum Gasteiger partial charge on any atom is 0.200 e. The standard InChI is InChI=1S/C13H18N4S/c14-12(18)16-13(17-8-4-5-9-17)15-10-11-6-2-1-3-7-11/h1-3,6-7H,4-5,8-10H2,(H3,14,15,16,18). The first kappa shape index (κ1) is 13.0. The van der Waals surface area contributed by atoms with Crippen molar-refractivity contribution in [3.8, 4) is 0 Å². The van der Waals surface area contributed by atoms with Crippen LogP contribution in [0.15, 0.2) is 35.3 Å². The molecule has 0 spiro atoms. The number of benzene rings is 1. The molecule has 1 aromatic carbocycles. The van der Waals surface area contributed by atoms with Crippen LogP contribution in [0.4, 0.5) is 0 Å². The van der Waals surface area contributed by atoms with Crippen LogP contribution in [0.2, 0.25) is 0 Å². The van der Waals surface area contributed by atoms with Crippen LogP contribution < -0.4 is 5.32 Å². The van der Waals surface area contributed by atoms with Crippen LogP contribution in [0.25, 0.3) is 0 Å². The second-order valence-electron chi connectivity index (χ2n) is 4.29. The molecule has 0 saturated carbocycles. The van der Waals surface area contributed by atoms with Crippen molar-refractivity contribution in [1.82, 2.24) is 10.2 Å². The molecule has 0 atom stereocenters. The minimum atomic E-state index is 0.133. The maximum absolute atomic E-state index is 7.42. The predicted molar refractivity (Wildman–Crippen MR) is 78.2 cm³/mol. The van der Waals surface area contributed by atoms with Crippen LogP contribution in [-0.2, 0) is 6.54 Å². The molecule has 1 saturated heterocycles. The molecule has 1 aliphatic rings. The Morgan fingerprint density at radius 2 is 1.94 bits per heavy atom. The van der Waals surface area contributed by atoms with Crippen molar-refractivity contribution in [3.63, 3.8) is 0 Å². The molecule has 4 nitrogen and oxygen atoms in total. The number of amidine groups is 1. The van der Waals surface area contributed by atoms with Crippen molar-refractivity contribution in [2.24, 2.45) is 4.99 Å². The van der Waals surface area contributed by atoms with E-state index in [0.29, 0.717) is 6.54 Å². The summed E-state index contributed by atoms with van der Waals surface area (Å²) in [6.07, 6.45) is 2.37. The highest BCUT2D eigenvalue weighted by molar-refractivity contribution is 7.96. The average Bonchev–Trinajstić information content (AvgIpc) is 2.89. The number of likely N-dealkylation sites (tertiary alicyclic amines) is 1. The Morgan fingerprint density at radius 1 is 1.28 bits per heavy atom. The summed E-state index contributed by atoms with van der Waals surface area (Å²) in [5.41, 5.74) is 1.17.